The van der Waals surface area contributed by atoms with E-state index in [2.05, 4.69) is 25.1 Å². The number of methoxy groups -OCH3 is 1. The Bertz CT molecular complexity index is 859. The Labute approximate surface area is 160 Å². The molecule has 2 aromatic rings. The lowest BCUT2D eigenvalue weighted by atomic mass is 9.93. The molecule has 1 amide bonds. The van der Waals surface area contributed by atoms with Crippen molar-refractivity contribution in [1.29, 1.82) is 0 Å². The number of fused-ring (bicyclic) bond motifs is 2. The lowest BCUT2D eigenvalue weighted by Crippen LogP contribution is -2.43. The highest BCUT2D eigenvalue weighted by Crippen LogP contribution is 2.41. The maximum atomic E-state index is 12.7. The largest absolute Gasteiger partial charge is 0.496 e. The van der Waals surface area contributed by atoms with Crippen LogP contribution in [0.15, 0.2) is 54.6 Å². The third-order valence-corrected chi connectivity index (χ3v) is 5.51. The van der Waals surface area contributed by atoms with Gasteiger partial charge in [-0.2, -0.15) is 0 Å². The number of carbonyl (C=O) groups excluding carboxylic acids is 1. The molecule has 2 heterocycles. The van der Waals surface area contributed by atoms with Gasteiger partial charge in [-0.3, -0.25) is 4.90 Å². The maximum Gasteiger partial charge on any atom is 0.410 e. The van der Waals surface area contributed by atoms with Gasteiger partial charge in [-0.05, 0) is 49.5 Å². The molecule has 1 saturated heterocycles. The van der Waals surface area contributed by atoms with Crippen molar-refractivity contribution < 1.29 is 14.3 Å². The Kier molecular flexibility index (Phi) is 4.88. The van der Waals surface area contributed by atoms with Crippen LogP contribution in [0.25, 0.3) is 5.57 Å². The van der Waals surface area contributed by atoms with Gasteiger partial charge in [0, 0.05) is 11.6 Å². The zero-order chi connectivity index (χ0) is 18.8. The molecule has 2 bridgehead atoms. The van der Waals surface area contributed by atoms with Crippen LogP contribution in [-0.2, 0) is 11.3 Å². The summed E-state index contributed by atoms with van der Waals surface area (Å²) >= 11 is 0. The molecular weight excluding hydrogens is 338 g/mol. The lowest BCUT2D eigenvalue weighted by Gasteiger charge is -2.33. The zero-order valence-corrected chi connectivity index (χ0v) is 15.9. The Hall–Kier alpha value is -2.75. The molecule has 2 aliphatic rings. The first-order chi connectivity index (χ1) is 13.2. The quantitative estimate of drug-likeness (QED) is 0.771. The van der Waals surface area contributed by atoms with E-state index in [-0.39, 0.29) is 18.2 Å². The van der Waals surface area contributed by atoms with Gasteiger partial charge < -0.3 is 9.47 Å². The number of carbonyl (C=O) groups is 1. The van der Waals surface area contributed by atoms with Crippen LogP contribution in [0.5, 0.6) is 5.75 Å². The molecule has 27 heavy (non-hydrogen) atoms. The fourth-order valence-corrected chi connectivity index (χ4v) is 4.18. The first kappa shape index (κ1) is 17.7. The Morgan fingerprint density at radius 1 is 1.15 bits per heavy atom. The molecule has 2 atom stereocenters. The van der Waals surface area contributed by atoms with E-state index >= 15 is 0 Å². The van der Waals surface area contributed by atoms with E-state index in [9.17, 15) is 4.79 Å². The highest BCUT2D eigenvalue weighted by molar-refractivity contribution is 5.77. The molecule has 0 saturated carbocycles. The molecule has 2 aromatic carbocycles. The molecule has 2 unspecified atom stereocenters. The van der Waals surface area contributed by atoms with Gasteiger partial charge >= 0.3 is 6.09 Å². The number of nitrogens with zero attached hydrogens (tertiary/aromatic N) is 1. The van der Waals surface area contributed by atoms with Crippen molar-refractivity contribution in [3.05, 3.63) is 71.3 Å². The molecular formula is C23H25NO3. The fraction of sp³-hybridized carbons (Fsp3) is 0.348. The molecule has 1 fully saturated rings. The van der Waals surface area contributed by atoms with Gasteiger partial charge in [0.15, 0.2) is 0 Å². The number of hydrogen-bond acceptors (Lipinski definition) is 3. The smallest absolute Gasteiger partial charge is 0.410 e. The predicted octanol–water partition coefficient (Wildman–Crippen LogP) is 4.96. The molecule has 140 valence electrons. The van der Waals surface area contributed by atoms with E-state index in [0.717, 1.165) is 36.1 Å². The maximum absolute atomic E-state index is 12.7. The molecule has 4 rings (SSSR count). The van der Waals surface area contributed by atoms with Gasteiger partial charge in [0.1, 0.15) is 12.4 Å². The first-order valence-corrected chi connectivity index (χ1v) is 9.50. The van der Waals surface area contributed by atoms with Gasteiger partial charge in [-0.15, -0.1) is 0 Å². The standard InChI is InChI=1S/C23H25NO3/c1-16-8-11-22(26-2)21(12-16)18-13-19-9-10-20(14-18)24(19)23(25)27-15-17-6-4-3-5-7-17/h3-8,11-13,19-20H,9-10,14-15H2,1-2H3. The van der Waals surface area contributed by atoms with Gasteiger partial charge in [0.2, 0.25) is 0 Å². The van der Waals surface area contributed by atoms with Crippen LogP contribution in [0.2, 0.25) is 0 Å². The average Bonchev–Trinajstić information content (AvgIpc) is 2.96. The zero-order valence-electron chi connectivity index (χ0n) is 15.9. The van der Waals surface area contributed by atoms with Crippen molar-refractivity contribution >= 4 is 11.7 Å². The second-order valence-corrected chi connectivity index (χ2v) is 7.35. The van der Waals surface area contributed by atoms with Crippen molar-refractivity contribution in [2.75, 3.05) is 7.11 Å². The molecule has 0 radical (unpaired) electrons. The topological polar surface area (TPSA) is 38.8 Å². The summed E-state index contributed by atoms with van der Waals surface area (Å²) in [4.78, 5) is 14.6. The normalized spacial score (nSPS) is 21.0. The SMILES string of the molecule is COc1ccc(C)cc1C1=CC2CCC(C1)N2C(=O)OCc1ccccc1. The highest BCUT2D eigenvalue weighted by Gasteiger charge is 2.41. The second-order valence-electron chi connectivity index (χ2n) is 7.35. The summed E-state index contributed by atoms with van der Waals surface area (Å²) < 4.78 is 11.1. The molecule has 0 aliphatic carbocycles. The summed E-state index contributed by atoms with van der Waals surface area (Å²) in [6, 6.07) is 16.4. The molecule has 4 heteroatoms. The number of ether oxygens (including phenoxy) is 2. The van der Waals surface area contributed by atoms with Crippen molar-refractivity contribution in [2.45, 2.75) is 44.9 Å². The lowest BCUT2D eigenvalue weighted by molar-refractivity contribution is 0.0832. The van der Waals surface area contributed by atoms with Crippen LogP contribution in [-0.4, -0.2) is 30.2 Å². The summed E-state index contributed by atoms with van der Waals surface area (Å²) in [5, 5.41) is 0. The summed E-state index contributed by atoms with van der Waals surface area (Å²) in [7, 11) is 1.71. The van der Waals surface area contributed by atoms with Gasteiger partial charge in [0.25, 0.3) is 0 Å². The first-order valence-electron chi connectivity index (χ1n) is 9.50. The van der Waals surface area contributed by atoms with Gasteiger partial charge in [0.05, 0.1) is 13.2 Å². The number of benzene rings is 2. The van der Waals surface area contributed by atoms with Crippen LogP contribution in [0.3, 0.4) is 0 Å². The van der Waals surface area contributed by atoms with Crippen molar-refractivity contribution in [1.82, 2.24) is 4.90 Å². The second kappa shape index (κ2) is 7.47. The van der Waals surface area contributed by atoms with Crippen LogP contribution in [0.1, 0.15) is 36.0 Å². The van der Waals surface area contributed by atoms with E-state index in [1.807, 2.05) is 41.3 Å². The van der Waals surface area contributed by atoms with Crippen LogP contribution in [0.4, 0.5) is 4.79 Å². The Balaban J connectivity index is 1.51. The minimum absolute atomic E-state index is 0.104. The number of aryl methyl sites for hydroxylation is 1. The van der Waals surface area contributed by atoms with E-state index in [1.54, 1.807) is 7.11 Å². The van der Waals surface area contributed by atoms with Crippen LogP contribution >= 0.6 is 0 Å². The van der Waals surface area contributed by atoms with Crippen molar-refractivity contribution in [3.63, 3.8) is 0 Å². The molecule has 0 aromatic heterocycles. The van der Waals surface area contributed by atoms with Crippen molar-refractivity contribution in [3.8, 4) is 5.75 Å². The van der Waals surface area contributed by atoms with Crippen LogP contribution in [0, 0.1) is 6.92 Å². The number of rotatable bonds is 4. The summed E-state index contributed by atoms with van der Waals surface area (Å²) in [6.07, 6.45) is 4.86. The minimum Gasteiger partial charge on any atom is -0.496 e. The van der Waals surface area contributed by atoms with Gasteiger partial charge in [-0.25, -0.2) is 4.79 Å². The Morgan fingerprint density at radius 3 is 2.70 bits per heavy atom. The van der Waals surface area contributed by atoms with E-state index in [0.29, 0.717) is 6.61 Å². The van der Waals surface area contributed by atoms with E-state index in [1.165, 1.54) is 11.1 Å². The Morgan fingerprint density at radius 2 is 1.96 bits per heavy atom. The molecule has 4 nitrogen and oxygen atoms in total. The fourth-order valence-electron chi connectivity index (χ4n) is 4.18. The third kappa shape index (κ3) is 3.57. The number of amides is 1. The minimum atomic E-state index is -0.210. The van der Waals surface area contributed by atoms with E-state index in [4.69, 9.17) is 9.47 Å². The monoisotopic (exact) mass is 363 g/mol. The summed E-state index contributed by atoms with van der Waals surface area (Å²) in [5.74, 6) is 0.895. The number of hydrogen-bond donors (Lipinski definition) is 0. The third-order valence-electron chi connectivity index (χ3n) is 5.51. The predicted molar refractivity (Wildman–Crippen MR) is 106 cm³/mol. The molecule has 0 spiro atoms. The molecule has 2 aliphatic heterocycles. The van der Waals surface area contributed by atoms with Crippen LogP contribution < -0.4 is 4.74 Å². The van der Waals surface area contributed by atoms with Crippen molar-refractivity contribution in [2.24, 2.45) is 0 Å². The van der Waals surface area contributed by atoms with E-state index < -0.39 is 0 Å². The average molecular weight is 363 g/mol. The molecule has 0 N–H and O–H groups in total. The van der Waals surface area contributed by atoms with Gasteiger partial charge in [-0.1, -0.05) is 48.0 Å². The highest BCUT2D eigenvalue weighted by atomic mass is 16.6. The summed E-state index contributed by atoms with van der Waals surface area (Å²) in [6.45, 7) is 2.41. The summed E-state index contributed by atoms with van der Waals surface area (Å²) in [5.41, 5.74) is 4.64.